The van der Waals surface area contributed by atoms with Gasteiger partial charge in [-0.3, -0.25) is 14.4 Å². The lowest BCUT2D eigenvalue weighted by Crippen LogP contribution is -2.56. The van der Waals surface area contributed by atoms with E-state index in [4.69, 9.17) is 4.74 Å². The molecule has 3 amide bonds. The van der Waals surface area contributed by atoms with E-state index in [9.17, 15) is 22.8 Å². The van der Waals surface area contributed by atoms with Crippen molar-refractivity contribution in [2.24, 2.45) is 0 Å². The monoisotopic (exact) mass is 578 g/mol. The fourth-order valence-electron chi connectivity index (χ4n) is 4.55. The van der Waals surface area contributed by atoms with Crippen molar-refractivity contribution in [1.29, 1.82) is 0 Å². The van der Waals surface area contributed by atoms with Crippen LogP contribution < -0.4 is 15.0 Å². The van der Waals surface area contributed by atoms with E-state index in [-0.39, 0.29) is 43.4 Å². The highest BCUT2D eigenvalue weighted by Crippen LogP contribution is 2.21. The molecule has 1 N–H and O–H groups in total. The number of rotatable bonds is 10. The Kier molecular flexibility index (Phi) is 9.41. The van der Waals surface area contributed by atoms with Crippen molar-refractivity contribution in [2.75, 3.05) is 45.2 Å². The van der Waals surface area contributed by atoms with Gasteiger partial charge in [0.25, 0.3) is 0 Å². The van der Waals surface area contributed by atoms with Crippen molar-refractivity contribution in [3.05, 3.63) is 90.0 Å². The van der Waals surface area contributed by atoms with Crippen molar-refractivity contribution < 1.29 is 27.5 Å². The molecule has 0 aliphatic carbocycles. The van der Waals surface area contributed by atoms with Gasteiger partial charge in [0.05, 0.1) is 25.1 Å². The number of anilines is 1. The molecule has 10 nitrogen and oxygen atoms in total. The van der Waals surface area contributed by atoms with Gasteiger partial charge in [-0.25, -0.2) is 8.42 Å². The number of nitrogens with one attached hydrogen (secondary N) is 1. The van der Waals surface area contributed by atoms with Crippen LogP contribution in [0, 0.1) is 6.92 Å². The van der Waals surface area contributed by atoms with Gasteiger partial charge in [0.1, 0.15) is 11.8 Å². The second-order valence-electron chi connectivity index (χ2n) is 9.87. The average molecular weight is 579 g/mol. The highest BCUT2D eigenvalue weighted by molar-refractivity contribution is 7.89. The van der Waals surface area contributed by atoms with E-state index in [1.807, 2.05) is 37.3 Å². The predicted molar refractivity (Wildman–Crippen MR) is 155 cm³/mol. The third-order valence-electron chi connectivity index (χ3n) is 6.98. The van der Waals surface area contributed by atoms with Gasteiger partial charge in [-0.1, -0.05) is 48.0 Å². The van der Waals surface area contributed by atoms with E-state index in [0.29, 0.717) is 11.4 Å². The topological polar surface area (TPSA) is 116 Å². The number of likely N-dealkylation sites (N-methyl/N-ethyl adjacent to an activating group) is 1. The number of hydrogen-bond donors (Lipinski definition) is 1. The highest BCUT2D eigenvalue weighted by Gasteiger charge is 2.34. The number of carbonyl (C=O) groups is 3. The first kappa shape index (κ1) is 29.8. The number of hydrogen-bond acceptors (Lipinski definition) is 6. The molecule has 3 aromatic rings. The molecule has 1 atom stereocenters. The second-order valence-corrected chi connectivity index (χ2v) is 11.8. The molecule has 0 bridgehead atoms. The zero-order chi connectivity index (χ0) is 29.6. The molecule has 0 saturated carbocycles. The Balaban J connectivity index is 1.42. The quantitative estimate of drug-likeness (QED) is 0.395. The number of sulfonamides is 1. The van der Waals surface area contributed by atoms with Crippen LogP contribution in [0.2, 0.25) is 0 Å². The van der Waals surface area contributed by atoms with Gasteiger partial charge in [-0.05, 0) is 48.9 Å². The van der Waals surface area contributed by atoms with Gasteiger partial charge in [-0.2, -0.15) is 4.31 Å². The molecule has 216 valence electrons. The van der Waals surface area contributed by atoms with E-state index in [0.717, 1.165) is 15.4 Å². The molecule has 3 aromatic carbocycles. The molecule has 1 heterocycles. The number of methoxy groups -OCH3 is 1. The van der Waals surface area contributed by atoms with Crippen molar-refractivity contribution >= 4 is 33.4 Å². The van der Waals surface area contributed by atoms with Crippen LogP contribution in [-0.4, -0.2) is 81.7 Å². The minimum Gasteiger partial charge on any atom is -0.497 e. The Morgan fingerprint density at radius 2 is 1.63 bits per heavy atom. The lowest BCUT2D eigenvalue weighted by molar-refractivity contribution is -0.139. The molecule has 0 aromatic heterocycles. The number of ether oxygens (including phenoxy) is 1. The lowest BCUT2D eigenvalue weighted by atomic mass is 10.0. The lowest BCUT2D eigenvalue weighted by Gasteiger charge is -2.33. The molecular weight excluding hydrogens is 544 g/mol. The number of nitrogens with zero attached hydrogens (tertiary/aromatic N) is 3. The minimum atomic E-state index is -3.84. The van der Waals surface area contributed by atoms with Crippen LogP contribution >= 0.6 is 0 Å². The Hall–Kier alpha value is -4.22. The van der Waals surface area contributed by atoms with Crippen molar-refractivity contribution in [3.63, 3.8) is 0 Å². The summed E-state index contributed by atoms with van der Waals surface area (Å²) in [5, 5.41) is 2.80. The fourth-order valence-corrected chi connectivity index (χ4v) is 5.93. The zero-order valence-electron chi connectivity index (χ0n) is 23.3. The normalized spacial score (nSPS) is 14.8. The molecule has 1 aliphatic rings. The predicted octanol–water partition coefficient (Wildman–Crippen LogP) is 2.23. The summed E-state index contributed by atoms with van der Waals surface area (Å²) in [6.07, 6.45) is 0.252. The van der Waals surface area contributed by atoms with Crippen LogP contribution in [0.25, 0.3) is 0 Å². The van der Waals surface area contributed by atoms with Crippen molar-refractivity contribution in [3.8, 4) is 5.75 Å². The van der Waals surface area contributed by atoms with Gasteiger partial charge in [0.15, 0.2) is 0 Å². The third kappa shape index (κ3) is 7.30. The van der Waals surface area contributed by atoms with E-state index < -0.39 is 27.9 Å². The molecule has 1 aliphatic heterocycles. The van der Waals surface area contributed by atoms with Crippen LogP contribution in [0.5, 0.6) is 5.75 Å². The van der Waals surface area contributed by atoms with Gasteiger partial charge in [0, 0.05) is 32.2 Å². The highest BCUT2D eigenvalue weighted by atomic mass is 32.2. The summed E-state index contributed by atoms with van der Waals surface area (Å²) in [5.41, 5.74) is 2.42. The van der Waals surface area contributed by atoms with Gasteiger partial charge < -0.3 is 19.9 Å². The number of aryl methyl sites for hydroxylation is 1. The van der Waals surface area contributed by atoms with Gasteiger partial charge in [0.2, 0.25) is 27.7 Å². The molecule has 0 radical (unpaired) electrons. The SMILES string of the molecule is COc1ccc(N(C)C(=O)[C@H](Cc2ccccc2)NC(=O)CN2CCN(S(=O)(=O)c3ccc(C)cc3)CC2=O)cc1. The Bertz CT molecular complexity index is 1480. The van der Waals surface area contributed by atoms with Crippen LogP contribution in [-0.2, 0) is 30.8 Å². The van der Waals surface area contributed by atoms with Gasteiger partial charge >= 0.3 is 0 Å². The summed E-state index contributed by atoms with van der Waals surface area (Å²) >= 11 is 0. The Labute approximate surface area is 240 Å². The molecule has 0 spiro atoms. The van der Waals surface area contributed by atoms with Crippen LogP contribution in [0.15, 0.2) is 83.8 Å². The summed E-state index contributed by atoms with van der Waals surface area (Å²) in [7, 11) is -0.653. The maximum absolute atomic E-state index is 13.5. The molecule has 4 rings (SSSR count). The standard InChI is InChI=1S/C30H34N4O6S/c1-22-9-15-26(16-10-22)41(38,39)34-18-17-33(29(36)21-34)20-28(35)31-27(19-23-7-5-4-6-8-23)30(37)32(2)24-11-13-25(40-3)14-12-24/h4-16,27H,17-21H2,1-3H3,(H,31,35)/t27-/m0/s1. The maximum Gasteiger partial charge on any atom is 0.249 e. The zero-order valence-corrected chi connectivity index (χ0v) is 24.1. The number of carbonyl (C=O) groups excluding carboxylic acids is 3. The third-order valence-corrected chi connectivity index (χ3v) is 8.84. The second kappa shape index (κ2) is 13.0. The smallest absolute Gasteiger partial charge is 0.249 e. The van der Waals surface area contributed by atoms with Crippen LogP contribution in [0.3, 0.4) is 0 Å². The minimum absolute atomic E-state index is 0.0559. The molecule has 11 heteroatoms. The van der Waals surface area contributed by atoms with E-state index in [1.54, 1.807) is 50.6 Å². The first-order valence-corrected chi connectivity index (χ1v) is 14.6. The summed E-state index contributed by atoms with van der Waals surface area (Å²) in [5.74, 6) is -0.665. The summed E-state index contributed by atoms with van der Waals surface area (Å²) in [6.45, 7) is 1.32. The van der Waals surface area contributed by atoms with E-state index in [1.165, 1.54) is 21.9 Å². The van der Waals surface area contributed by atoms with Crippen molar-refractivity contribution in [2.45, 2.75) is 24.3 Å². The Morgan fingerprint density at radius 1 is 0.976 bits per heavy atom. The van der Waals surface area contributed by atoms with E-state index in [2.05, 4.69) is 5.32 Å². The molecule has 41 heavy (non-hydrogen) atoms. The summed E-state index contributed by atoms with van der Waals surface area (Å²) in [4.78, 5) is 42.4. The maximum atomic E-state index is 13.5. The summed E-state index contributed by atoms with van der Waals surface area (Å²) < 4.78 is 32.3. The summed E-state index contributed by atoms with van der Waals surface area (Å²) in [6, 6.07) is 21.9. The number of benzene rings is 3. The molecule has 1 fully saturated rings. The van der Waals surface area contributed by atoms with E-state index >= 15 is 0 Å². The molecule has 1 saturated heterocycles. The average Bonchev–Trinajstić information content (AvgIpc) is 2.98. The first-order valence-electron chi connectivity index (χ1n) is 13.2. The van der Waals surface area contributed by atoms with Crippen LogP contribution in [0.1, 0.15) is 11.1 Å². The van der Waals surface area contributed by atoms with Gasteiger partial charge in [-0.15, -0.1) is 0 Å². The largest absolute Gasteiger partial charge is 0.497 e. The number of amides is 3. The molecular formula is C30H34N4O6S. The van der Waals surface area contributed by atoms with Crippen molar-refractivity contribution in [1.82, 2.24) is 14.5 Å². The number of piperazine rings is 1. The molecule has 0 unspecified atom stereocenters. The Morgan fingerprint density at radius 3 is 2.24 bits per heavy atom. The van der Waals surface area contributed by atoms with Crippen LogP contribution in [0.4, 0.5) is 5.69 Å². The fraction of sp³-hybridized carbons (Fsp3) is 0.300. The first-order chi connectivity index (χ1) is 19.6.